The molecule has 68 valence electrons. The molecule has 0 saturated heterocycles. The van der Waals surface area contributed by atoms with Crippen molar-refractivity contribution in [2.45, 2.75) is 0 Å². The number of amides is 1. The standard InChI is InChI=1S/C9H8BrNO2/c1-6(10)9(13)11-7-3-2-4-8(12)5-7/h2-5,12H,1H2,(H,11,13). The largest absolute Gasteiger partial charge is 0.508 e. The fraction of sp³-hybridized carbons (Fsp3) is 0. The highest BCUT2D eigenvalue weighted by atomic mass is 79.9. The van der Waals surface area contributed by atoms with Crippen LogP contribution in [0.4, 0.5) is 5.69 Å². The summed E-state index contributed by atoms with van der Waals surface area (Å²) in [6.07, 6.45) is 0. The minimum atomic E-state index is -0.328. The van der Waals surface area contributed by atoms with Crippen molar-refractivity contribution in [1.29, 1.82) is 0 Å². The summed E-state index contributed by atoms with van der Waals surface area (Å²) in [6.45, 7) is 3.42. The quantitative estimate of drug-likeness (QED) is 0.781. The van der Waals surface area contributed by atoms with Crippen LogP contribution in [0.3, 0.4) is 0 Å². The molecule has 1 rings (SSSR count). The fourth-order valence-electron chi connectivity index (χ4n) is 0.783. The first-order valence-electron chi connectivity index (χ1n) is 3.54. The van der Waals surface area contributed by atoms with E-state index in [2.05, 4.69) is 27.8 Å². The Morgan fingerprint density at radius 3 is 2.77 bits per heavy atom. The molecule has 0 spiro atoms. The predicted molar refractivity (Wildman–Crippen MR) is 54.8 cm³/mol. The minimum Gasteiger partial charge on any atom is -0.508 e. The van der Waals surface area contributed by atoms with Crippen LogP contribution in [-0.4, -0.2) is 11.0 Å². The first-order chi connectivity index (χ1) is 6.09. The molecule has 13 heavy (non-hydrogen) atoms. The highest BCUT2D eigenvalue weighted by Crippen LogP contribution is 2.16. The second-order valence-electron chi connectivity index (χ2n) is 2.41. The molecule has 0 unspecified atom stereocenters. The number of hydrogen-bond donors (Lipinski definition) is 2. The van der Waals surface area contributed by atoms with Gasteiger partial charge >= 0.3 is 0 Å². The molecular weight excluding hydrogens is 234 g/mol. The zero-order valence-corrected chi connectivity index (χ0v) is 8.34. The lowest BCUT2D eigenvalue weighted by molar-refractivity contribution is -0.112. The van der Waals surface area contributed by atoms with Gasteiger partial charge in [-0.1, -0.05) is 12.6 Å². The molecule has 0 aliphatic heterocycles. The highest BCUT2D eigenvalue weighted by Gasteiger charge is 2.03. The highest BCUT2D eigenvalue weighted by molar-refractivity contribution is 9.12. The smallest absolute Gasteiger partial charge is 0.262 e. The van der Waals surface area contributed by atoms with Crippen molar-refractivity contribution in [3.05, 3.63) is 35.3 Å². The van der Waals surface area contributed by atoms with Crippen LogP contribution in [0, 0.1) is 0 Å². The number of anilines is 1. The molecule has 0 heterocycles. The van der Waals surface area contributed by atoms with Crippen LogP contribution in [0.5, 0.6) is 5.75 Å². The maximum atomic E-state index is 11.1. The van der Waals surface area contributed by atoms with Crippen molar-refractivity contribution < 1.29 is 9.90 Å². The van der Waals surface area contributed by atoms with E-state index >= 15 is 0 Å². The molecular formula is C9H8BrNO2. The molecule has 4 heteroatoms. The van der Waals surface area contributed by atoms with Gasteiger partial charge in [0, 0.05) is 11.8 Å². The third kappa shape index (κ3) is 2.91. The van der Waals surface area contributed by atoms with Crippen molar-refractivity contribution in [2.24, 2.45) is 0 Å². The van der Waals surface area contributed by atoms with Crippen LogP contribution in [-0.2, 0) is 4.79 Å². The van der Waals surface area contributed by atoms with E-state index < -0.39 is 0 Å². The van der Waals surface area contributed by atoms with E-state index in [1.807, 2.05) is 0 Å². The van der Waals surface area contributed by atoms with Gasteiger partial charge in [0.15, 0.2) is 0 Å². The Hall–Kier alpha value is -1.29. The predicted octanol–water partition coefficient (Wildman–Crippen LogP) is 2.24. The van der Waals surface area contributed by atoms with Crippen LogP contribution in [0.25, 0.3) is 0 Å². The second-order valence-corrected chi connectivity index (χ2v) is 3.37. The zero-order chi connectivity index (χ0) is 9.84. The summed E-state index contributed by atoms with van der Waals surface area (Å²) in [7, 11) is 0. The van der Waals surface area contributed by atoms with E-state index in [-0.39, 0.29) is 16.1 Å². The number of halogens is 1. The van der Waals surface area contributed by atoms with Crippen molar-refractivity contribution in [2.75, 3.05) is 5.32 Å². The molecule has 0 aliphatic rings. The number of nitrogens with one attached hydrogen (secondary N) is 1. The van der Waals surface area contributed by atoms with Gasteiger partial charge in [-0.2, -0.15) is 0 Å². The Bertz CT molecular complexity index is 349. The Morgan fingerprint density at radius 2 is 2.23 bits per heavy atom. The molecule has 1 aromatic rings. The molecule has 0 bridgehead atoms. The summed E-state index contributed by atoms with van der Waals surface area (Å²) in [5.41, 5.74) is 0.533. The van der Waals surface area contributed by atoms with Crippen LogP contribution < -0.4 is 5.32 Å². The summed E-state index contributed by atoms with van der Waals surface area (Å²) < 4.78 is 0.246. The molecule has 0 saturated carbocycles. The van der Waals surface area contributed by atoms with Crippen LogP contribution in [0.2, 0.25) is 0 Å². The fourth-order valence-corrected chi connectivity index (χ4v) is 0.882. The van der Waals surface area contributed by atoms with Crippen molar-refractivity contribution >= 4 is 27.5 Å². The first kappa shape index (κ1) is 9.80. The lowest BCUT2D eigenvalue weighted by atomic mass is 10.3. The van der Waals surface area contributed by atoms with Gasteiger partial charge < -0.3 is 10.4 Å². The monoisotopic (exact) mass is 241 g/mol. The van der Waals surface area contributed by atoms with Gasteiger partial charge in [0.05, 0.1) is 4.48 Å². The topological polar surface area (TPSA) is 49.3 Å². The van der Waals surface area contributed by atoms with Crippen molar-refractivity contribution in [3.63, 3.8) is 0 Å². The number of carbonyl (C=O) groups is 1. The van der Waals surface area contributed by atoms with Gasteiger partial charge in [-0.05, 0) is 28.1 Å². The Labute approximate surface area is 84.2 Å². The zero-order valence-electron chi connectivity index (χ0n) is 6.75. The van der Waals surface area contributed by atoms with E-state index in [1.165, 1.54) is 12.1 Å². The van der Waals surface area contributed by atoms with Crippen molar-refractivity contribution in [3.8, 4) is 5.75 Å². The third-order valence-electron chi connectivity index (χ3n) is 1.35. The summed E-state index contributed by atoms with van der Waals surface area (Å²) in [5.74, 6) is -0.219. The summed E-state index contributed by atoms with van der Waals surface area (Å²) in [6, 6.07) is 6.29. The number of hydrogen-bond acceptors (Lipinski definition) is 2. The molecule has 1 amide bonds. The van der Waals surface area contributed by atoms with Gasteiger partial charge in [0.2, 0.25) is 0 Å². The number of carbonyl (C=O) groups excluding carboxylic acids is 1. The average Bonchev–Trinajstić information content (AvgIpc) is 2.04. The molecule has 0 fully saturated rings. The Kier molecular flexibility index (Phi) is 3.08. The molecule has 0 aliphatic carbocycles. The number of phenols is 1. The molecule has 3 nitrogen and oxygen atoms in total. The summed E-state index contributed by atoms with van der Waals surface area (Å²) in [4.78, 5) is 11.1. The van der Waals surface area contributed by atoms with Gasteiger partial charge in [0.25, 0.3) is 5.91 Å². The summed E-state index contributed by atoms with van der Waals surface area (Å²) in [5, 5.41) is 11.6. The molecule has 2 N–H and O–H groups in total. The molecule has 1 aromatic carbocycles. The maximum Gasteiger partial charge on any atom is 0.262 e. The van der Waals surface area contributed by atoms with Crippen molar-refractivity contribution in [1.82, 2.24) is 0 Å². The van der Waals surface area contributed by atoms with Gasteiger partial charge in [-0.3, -0.25) is 4.79 Å². The van der Waals surface area contributed by atoms with Gasteiger partial charge in [-0.15, -0.1) is 0 Å². The first-order valence-corrected chi connectivity index (χ1v) is 4.33. The number of aromatic hydroxyl groups is 1. The molecule has 0 aromatic heterocycles. The van der Waals surface area contributed by atoms with Gasteiger partial charge in [0.1, 0.15) is 5.75 Å². The van der Waals surface area contributed by atoms with E-state index in [1.54, 1.807) is 12.1 Å². The lowest BCUT2D eigenvalue weighted by Gasteiger charge is -2.03. The molecule has 0 radical (unpaired) electrons. The normalized spacial score (nSPS) is 9.31. The SMILES string of the molecule is C=C(Br)C(=O)Nc1cccc(O)c1. The lowest BCUT2D eigenvalue weighted by Crippen LogP contribution is -2.10. The molecule has 0 atom stereocenters. The van der Waals surface area contributed by atoms with E-state index in [9.17, 15) is 4.79 Å². The maximum absolute atomic E-state index is 11.1. The second kappa shape index (κ2) is 4.09. The third-order valence-corrected chi connectivity index (χ3v) is 1.71. The van der Waals surface area contributed by atoms with E-state index in [0.29, 0.717) is 5.69 Å². The Balaban J connectivity index is 2.75. The summed E-state index contributed by atoms with van der Waals surface area (Å²) >= 11 is 2.95. The number of rotatable bonds is 2. The number of benzene rings is 1. The Morgan fingerprint density at radius 1 is 1.54 bits per heavy atom. The minimum absolute atomic E-state index is 0.109. The van der Waals surface area contributed by atoms with Crippen LogP contribution in [0.15, 0.2) is 35.3 Å². The van der Waals surface area contributed by atoms with E-state index in [0.717, 1.165) is 0 Å². The average molecular weight is 242 g/mol. The number of phenolic OH excluding ortho intramolecular Hbond substituents is 1. The van der Waals surface area contributed by atoms with Gasteiger partial charge in [-0.25, -0.2) is 0 Å². The van der Waals surface area contributed by atoms with Crippen LogP contribution >= 0.6 is 15.9 Å². The van der Waals surface area contributed by atoms with E-state index in [4.69, 9.17) is 5.11 Å². The van der Waals surface area contributed by atoms with Crippen LogP contribution in [0.1, 0.15) is 0 Å².